The van der Waals surface area contributed by atoms with Crippen LogP contribution in [-0.4, -0.2) is 54.4 Å². The summed E-state index contributed by atoms with van der Waals surface area (Å²) >= 11 is 0. The van der Waals surface area contributed by atoms with E-state index in [-0.39, 0.29) is 23.9 Å². The molecule has 6 nitrogen and oxygen atoms in total. The third kappa shape index (κ3) is 5.50. The molecule has 1 saturated heterocycles. The number of hydrogen-bond donors (Lipinski definition) is 0. The Bertz CT molecular complexity index is 1040. The number of amides is 1. The zero-order valence-electron chi connectivity index (χ0n) is 18.1. The lowest BCUT2D eigenvalue weighted by molar-refractivity contribution is -0.126. The van der Waals surface area contributed by atoms with E-state index >= 15 is 0 Å². The smallest absolute Gasteiger partial charge is 0.310 e. The molecule has 0 radical (unpaired) electrons. The number of ketones is 1. The fraction of sp³-hybridized carbons (Fsp3) is 0.381. The van der Waals surface area contributed by atoms with Gasteiger partial charge >= 0.3 is 10.2 Å². The van der Waals surface area contributed by atoms with Gasteiger partial charge in [0.1, 0.15) is 10.9 Å². The van der Waals surface area contributed by atoms with Crippen molar-refractivity contribution in [2.75, 3.05) is 25.6 Å². The van der Waals surface area contributed by atoms with Crippen LogP contribution in [0.25, 0.3) is 0 Å². The van der Waals surface area contributed by atoms with Gasteiger partial charge in [-0.15, -0.1) is 0 Å². The number of carbonyl (C=O) groups excluding carboxylic acids is 2. The van der Waals surface area contributed by atoms with Gasteiger partial charge in [-0.2, -0.15) is 0 Å². The van der Waals surface area contributed by atoms with Crippen LogP contribution < -0.4 is 4.90 Å². The molecule has 1 aliphatic heterocycles. The lowest BCUT2D eigenvalue weighted by atomic mass is 10.0. The molecule has 1 aliphatic rings. The Labute approximate surface area is 188 Å². The number of methoxy groups -OCH3 is 1. The van der Waals surface area contributed by atoms with Crippen LogP contribution in [0, 0.1) is 0 Å². The summed E-state index contributed by atoms with van der Waals surface area (Å²) < 4.78 is 71.4. The maximum Gasteiger partial charge on any atom is 0.310 e. The molecular formula is C21H24F5N3O3S. The summed E-state index contributed by atoms with van der Waals surface area (Å²) in [4.78, 5) is 30.9. The van der Waals surface area contributed by atoms with Crippen LogP contribution in [0.1, 0.15) is 24.9 Å². The summed E-state index contributed by atoms with van der Waals surface area (Å²) in [6.07, 6.45) is 2.87. The minimum Gasteiger partial charge on any atom is -0.380 e. The Balaban J connectivity index is 2.11. The summed E-state index contributed by atoms with van der Waals surface area (Å²) in [5, 5.41) is 0. The number of likely N-dealkylation sites (N-methyl/N-ethyl adjacent to an activating group) is 1. The molecule has 1 aromatic carbocycles. The fourth-order valence-corrected chi connectivity index (χ4v) is 4.59. The van der Waals surface area contributed by atoms with Crippen LogP contribution >= 0.6 is 10.2 Å². The first kappa shape index (κ1) is 25.1. The second-order valence-electron chi connectivity index (χ2n) is 8.02. The van der Waals surface area contributed by atoms with Gasteiger partial charge in [-0.05, 0) is 50.7 Å². The number of anilines is 1. The van der Waals surface area contributed by atoms with Crippen LogP contribution in [0.2, 0.25) is 0 Å². The number of aromatic nitrogens is 1. The van der Waals surface area contributed by atoms with Gasteiger partial charge in [-0.25, -0.2) is 0 Å². The summed E-state index contributed by atoms with van der Waals surface area (Å²) in [6.45, 7) is 1.67. The lowest BCUT2D eigenvalue weighted by Gasteiger charge is -2.41. The van der Waals surface area contributed by atoms with E-state index in [1.54, 1.807) is 24.1 Å². The number of likely N-dealkylation sites (tertiary alicyclic amines) is 1. The third-order valence-electron chi connectivity index (χ3n) is 5.57. The van der Waals surface area contributed by atoms with Crippen molar-refractivity contribution in [3.63, 3.8) is 0 Å². The molecule has 0 N–H and O–H groups in total. The molecule has 0 spiro atoms. The van der Waals surface area contributed by atoms with Crippen molar-refractivity contribution in [3.8, 4) is 0 Å². The molecule has 1 unspecified atom stereocenters. The Morgan fingerprint density at radius 2 is 1.79 bits per heavy atom. The topological polar surface area (TPSA) is 62.7 Å². The minimum absolute atomic E-state index is 0.121. The quantitative estimate of drug-likeness (QED) is 0.501. The number of pyridine rings is 1. The minimum atomic E-state index is -9.90. The van der Waals surface area contributed by atoms with Crippen molar-refractivity contribution in [2.24, 2.45) is 0 Å². The zero-order valence-corrected chi connectivity index (χ0v) is 18.9. The summed E-state index contributed by atoms with van der Waals surface area (Å²) in [5.74, 6) is -1.04. The third-order valence-corrected chi connectivity index (χ3v) is 6.73. The van der Waals surface area contributed by atoms with E-state index in [2.05, 4.69) is 4.98 Å². The molecule has 0 bridgehead atoms. The molecule has 1 amide bonds. The van der Waals surface area contributed by atoms with Gasteiger partial charge in [0.2, 0.25) is 5.91 Å². The van der Waals surface area contributed by atoms with E-state index in [1.807, 2.05) is 0 Å². The number of benzene rings is 1. The number of rotatable bonds is 7. The standard InChI is InChI=1S/C21H24F5N3O3S/c1-14(30)20(15-5-4-10-27-12-15)29(21(31)19-11-17(32-3)13-28(19)2)16-6-8-18(9-7-16)33(22,23,24,25)26/h4-10,12,17,19-20H,11,13H2,1-3H3/t17-,19-,20?/m1/s1. The highest BCUT2D eigenvalue weighted by Crippen LogP contribution is 3.02. The second-order valence-corrected chi connectivity index (χ2v) is 10.4. The molecule has 182 valence electrons. The predicted octanol–water partition coefficient (Wildman–Crippen LogP) is 5.12. The van der Waals surface area contributed by atoms with Gasteiger partial charge in [0.15, 0.2) is 5.78 Å². The average Bonchev–Trinajstić information content (AvgIpc) is 3.11. The number of halogens is 5. The molecule has 3 atom stereocenters. The van der Waals surface area contributed by atoms with Crippen LogP contribution in [0.3, 0.4) is 0 Å². The molecule has 33 heavy (non-hydrogen) atoms. The first-order valence-electron chi connectivity index (χ1n) is 9.93. The molecule has 0 saturated carbocycles. The van der Waals surface area contributed by atoms with Gasteiger partial charge in [0, 0.05) is 37.3 Å². The van der Waals surface area contributed by atoms with Crippen LogP contribution in [0.5, 0.6) is 0 Å². The van der Waals surface area contributed by atoms with Gasteiger partial charge in [0.05, 0.1) is 12.1 Å². The Hall–Kier alpha value is -2.57. The molecule has 12 heteroatoms. The number of hydrogen-bond acceptors (Lipinski definition) is 5. The SMILES string of the molecule is CO[C@@H]1C[C@H](C(=O)N(c2ccc(S(F)(F)(F)(F)F)cc2)C(C(C)=O)c2cccnc2)N(C)C1. The van der Waals surface area contributed by atoms with E-state index in [4.69, 9.17) is 4.74 Å². The van der Waals surface area contributed by atoms with Crippen molar-refractivity contribution < 1.29 is 33.8 Å². The highest BCUT2D eigenvalue weighted by atomic mass is 32.5. The molecule has 1 fully saturated rings. The summed E-state index contributed by atoms with van der Waals surface area (Å²) in [7, 11) is -6.72. The average molecular weight is 493 g/mol. The van der Waals surface area contributed by atoms with E-state index in [1.165, 1.54) is 26.4 Å². The van der Waals surface area contributed by atoms with Crippen molar-refractivity contribution in [3.05, 3.63) is 54.4 Å². The molecule has 1 aromatic heterocycles. The van der Waals surface area contributed by atoms with Crippen LogP contribution in [-0.2, 0) is 14.3 Å². The normalized spacial score (nSPS) is 22.3. The van der Waals surface area contributed by atoms with Gasteiger partial charge in [-0.1, -0.05) is 25.5 Å². The lowest BCUT2D eigenvalue weighted by Crippen LogP contribution is -2.47. The van der Waals surface area contributed by atoms with E-state index < -0.39 is 38.9 Å². The Kier molecular flexibility index (Phi) is 6.10. The number of nitrogens with zero attached hydrogens (tertiary/aromatic N) is 3. The number of ether oxygens (including phenoxy) is 1. The number of carbonyl (C=O) groups is 2. The van der Waals surface area contributed by atoms with Crippen molar-refractivity contribution in [2.45, 2.75) is 36.4 Å². The van der Waals surface area contributed by atoms with Crippen LogP contribution in [0.4, 0.5) is 25.1 Å². The first-order valence-corrected chi connectivity index (χ1v) is 11.9. The first-order chi connectivity index (χ1) is 15.1. The molecule has 3 rings (SSSR count). The van der Waals surface area contributed by atoms with Crippen molar-refractivity contribution in [1.82, 2.24) is 9.88 Å². The Morgan fingerprint density at radius 1 is 1.15 bits per heavy atom. The molecule has 2 aromatic rings. The maximum atomic E-state index is 13.6. The zero-order chi connectivity index (χ0) is 24.7. The highest BCUT2D eigenvalue weighted by molar-refractivity contribution is 8.45. The predicted molar refractivity (Wildman–Crippen MR) is 115 cm³/mol. The van der Waals surface area contributed by atoms with Crippen molar-refractivity contribution >= 4 is 27.6 Å². The fourth-order valence-electron chi connectivity index (χ4n) is 3.94. The molecular weight excluding hydrogens is 469 g/mol. The molecule has 0 aliphatic carbocycles. The van der Waals surface area contributed by atoms with Gasteiger partial charge in [-0.3, -0.25) is 24.4 Å². The highest BCUT2D eigenvalue weighted by Gasteiger charge is 2.65. The van der Waals surface area contributed by atoms with Crippen molar-refractivity contribution in [1.29, 1.82) is 0 Å². The largest absolute Gasteiger partial charge is 0.380 e. The van der Waals surface area contributed by atoms with E-state index in [0.717, 1.165) is 17.0 Å². The van der Waals surface area contributed by atoms with E-state index in [0.29, 0.717) is 18.5 Å². The summed E-state index contributed by atoms with van der Waals surface area (Å²) in [6, 6.07) is 3.17. The second kappa shape index (κ2) is 8.03. The maximum absolute atomic E-state index is 13.6. The molecule has 2 heterocycles. The number of Topliss-reactive ketones (excluding diaryl/α,β-unsaturated/α-hetero) is 1. The van der Waals surface area contributed by atoms with Gasteiger partial charge in [0.25, 0.3) is 0 Å². The van der Waals surface area contributed by atoms with Gasteiger partial charge < -0.3 is 4.74 Å². The summed E-state index contributed by atoms with van der Waals surface area (Å²) in [5.41, 5.74) is 0.211. The Morgan fingerprint density at radius 3 is 2.24 bits per heavy atom. The van der Waals surface area contributed by atoms with E-state index in [9.17, 15) is 29.0 Å². The monoisotopic (exact) mass is 493 g/mol. The van der Waals surface area contributed by atoms with Crippen LogP contribution in [0.15, 0.2) is 53.7 Å².